The van der Waals surface area contributed by atoms with Gasteiger partial charge < -0.3 is 39.4 Å². The van der Waals surface area contributed by atoms with E-state index in [4.69, 9.17) is 18.9 Å². The molecular formula is C17H24O10. The fourth-order valence-electron chi connectivity index (χ4n) is 3.92. The number of fused-ring (bicyclic) bond motifs is 1. The molecule has 0 radical (unpaired) electrons. The minimum Gasteiger partial charge on any atom is -0.472 e. The number of Topliss-reactive ketones (excluding diaryl/α,β-unsaturated/α-hetero) is 1. The number of hydrogen-bond acceptors (Lipinski definition) is 10. The molecule has 27 heavy (non-hydrogen) atoms. The van der Waals surface area contributed by atoms with Gasteiger partial charge in [-0.1, -0.05) is 6.92 Å². The van der Waals surface area contributed by atoms with Crippen LogP contribution in [0.1, 0.15) is 13.3 Å². The smallest absolute Gasteiger partial charge is 0.337 e. The number of aliphatic hydroxyl groups excluding tert-OH is 4. The molecule has 0 amide bonds. The van der Waals surface area contributed by atoms with E-state index in [1.807, 2.05) is 0 Å². The number of methoxy groups -OCH3 is 1. The van der Waals surface area contributed by atoms with Gasteiger partial charge in [0.05, 0.1) is 25.6 Å². The topological polar surface area (TPSA) is 152 Å². The van der Waals surface area contributed by atoms with E-state index in [-0.39, 0.29) is 17.8 Å². The number of carbonyl (C=O) groups excluding carboxylic acids is 2. The number of ketones is 1. The monoisotopic (exact) mass is 388 g/mol. The van der Waals surface area contributed by atoms with E-state index in [2.05, 4.69) is 0 Å². The van der Waals surface area contributed by atoms with Crippen LogP contribution >= 0.6 is 0 Å². The highest BCUT2D eigenvalue weighted by atomic mass is 16.8. The van der Waals surface area contributed by atoms with Gasteiger partial charge in [-0.3, -0.25) is 4.79 Å². The second-order valence-electron chi connectivity index (χ2n) is 7.05. The lowest BCUT2D eigenvalue weighted by Gasteiger charge is -2.42. The van der Waals surface area contributed by atoms with Crippen LogP contribution in [0.2, 0.25) is 0 Å². The third-order valence-corrected chi connectivity index (χ3v) is 5.55. The van der Waals surface area contributed by atoms with Crippen molar-refractivity contribution < 1.29 is 49.0 Å². The fraction of sp³-hybridized carbons (Fsp3) is 0.765. The van der Waals surface area contributed by atoms with E-state index in [1.54, 1.807) is 6.92 Å². The summed E-state index contributed by atoms with van der Waals surface area (Å²) in [4.78, 5) is 24.2. The van der Waals surface area contributed by atoms with Gasteiger partial charge in [0.15, 0.2) is 6.29 Å². The summed E-state index contributed by atoms with van der Waals surface area (Å²) < 4.78 is 21.2. The first-order chi connectivity index (χ1) is 12.8. The average molecular weight is 388 g/mol. The van der Waals surface area contributed by atoms with Gasteiger partial charge in [-0.05, 0) is 0 Å². The minimum absolute atomic E-state index is 0.0623. The third-order valence-electron chi connectivity index (χ3n) is 5.55. The Morgan fingerprint density at radius 2 is 1.93 bits per heavy atom. The Labute approximate surface area is 155 Å². The molecule has 10 heteroatoms. The molecule has 10 nitrogen and oxygen atoms in total. The fourth-order valence-corrected chi connectivity index (χ4v) is 3.92. The van der Waals surface area contributed by atoms with Crippen molar-refractivity contribution in [3.63, 3.8) is 0 Å². The predicted octanol–water partition coefficient (Wildman–Crippen LogP) is -1.94. The quantitative estimate of drug-likeness (QED) is 0.400. The molecule has 2 heterocycles. The number of esters is 1. The lowest BCUT2D eigenvalue weighted by Crippen LogP contribution is -2.60. The van der Waals surface area contributed by atoms with Crippen molar-refractivity contribution in [2.75, 3.05) is 13.7 Å². The van der Waals surface area contributed by atoms with Gasteiger partial charge in [-0.25, -0.2) is 4.79 Å². The Balaban J connectivity index is 1.81. The largest absolute Gasteiger partial charge is 0.472 e. The number of rotatable bonds is 4. The van der Waals surface area contributed by atoms with E-state index in [1.165, 1.54) is 13.4 Å². The normalized spacial score (nSPS) is 44.3. The van der Waals surface area contributed by atoms with Crippen molar-refractivity contribution in [2.45, 2.75) is 50.3 Å². The van der Waals surface area contributed by atoms with Crippen LogP contribution in [-0.4, -0.2) is 82.9 Å². The lowest BCUT2D eigenvalue weighted by molar-refractivity contribution is -0.342. The van der Waals surface area contributed by atoms with Gasteiger partial charge in [0.1, 0.15) is 30.2 Å². The summed E-state index contributed by atoms with van der Waals surface area (Å²) in [7, 11) is 1.23. The molecular weight excluding hydrogens is 364 g/mol. The Kier molecular flexibility index (Phi) is 5.84. The Morgan fingerprint density at radius 3 is 2.56 bits per heavy atom. The SMILES string of the molecule is COC(=O)C1=CO[C@@H](O[C@@H]2O[C@H](CO)[C@@H](O)[C@H](O)[C@H]2O)[C@H]2[C@@H]1CC(=O)[C@@H]2C. The standard InChI is InChI=1S/C17H24O10/c1-6-9(19)3-7-8(15(23)24-2)5-25-16(11(6)7)27-17-14(22)13(21)12(20)10(4-18)26-17/h5-7,10-14,16-18,20-22H,3-4H2,1-2H3/t6-,7+,10+,11+,12+,13-,14+,16-,17-/m0/s1. The van der Waals surface area contributed by atoms with E-state index in [9.17, 15) is 30.0 Å². The first-order valence-electron chi connectivity index (χ1n) is 8.72. The molecule has 0 aromatic carbocycles. The Hall–Kier alpha value is -1.56. The summed E-state index contributed by atoms with van der Waals surface area (Å²) in [6.07, 6.45) is -6.96. The summed E-state index contributed by atoms with van der Waals surface area (Å²) in [5.74, 6) is -2.13. The maximum absolute atomic E-state index is 12.2. The molecule has 2 fully saturated rings. The number of hydrogen-bond donors (Lipinski definition) is 4. The number of carbonyl (C=O) groups is 2. The number of ether oxygens (including phenoxy) is 4. The van der Waals surface area contributed by atoms with E-state index in [0.29, 0.717) is 0 Å². The van der Waals surface area contributed by atoms with Crippen LogP contribution in [0.5, 0.6) is 0 Å². The van der Waals surface area contributed by atoms with Crippen LogP contribution < -0.4 is 0 Å². The molecule has 0 aromatic heterocycles. The highest BCUT2D eigenvalue weighted by Gasteiger charge is 2.53. The van der Waals surface area contributed by atoms with Crippen molar-refractivity contribution in [3.8, 4) is 0 Å². The molecule has 9 atom stereocenters. The molecule has 1 saturated heterocycles. The average Bonchev–Trinajstić information content (AvgIpc) is 2.96. The van der Waals surface area contributed by atoms with Crippen molar-refractivity contribution >= 4 is 11.8 Å². The van der Waals surface area contributed by atoms with Gasteiger partial charge in [0.25, 0.3) is 0 Å². The molecule has 4 N–H and O–H groups in total. The van der Waals surface area contributed by atoms with Crippen LogP contribution in [0.4, 0.5) is 0 Å². The summed E-state index contributed by atoms with van der Waals surface area (Å²) in [6.45, 7) is 1.10. The van der Waals surface area contributed by atoms with E-state index < -0.39 is 67.3 Å². The number of aliphatic hydroxyl groups is 4. The molecule has 3 aliphatic rings. The van der Waals surface area contributed by atoms with E-state index >= 15 is 0 Å². The zero-order valence-corrected chi connectivity index (χ0v) is 14.9. The minimum atomic E-state index is -1.59. The van der Waals surface area contributed by atoms with Gasteiger partial charge in [0, 0.05) is 24.2 Å². The van der Waals surface area contributed by atoms with Crippen LogP contribution in [-0.2, 0) is 28.5 Å². The van der Waals surface area contributed by atoms with Crippen molar-refractivity contribution in [3.05, 3.63) is 11.8 Å². The molecule has 3 rings (SSSR count). The summed E-state index contributed by atoms with van der Waals surface area (Å²) >= 11 is 0. The highest BCUT2D eigenvalue weighted by molar-refractivity contribution is 5.92. The second-order valence-corrected chi connectivity index (χ2v) is 7.05. The molecule has 152 valence electrons. The lowest BCUT2D eigenvalue weighted by atomic mass is 9.83. The van der Waals surface area contributed by atoms with Crippen molar-refractivity contribution in [1.29, 1.82) is 0 Å². The van der Waals surface area contributed by atoms with E-state index in [0.717, 1.165) is 0 Å². The summed E-state index contributed by atoms with van der Waals surface area (Å²) in [6, 6.07) is 0. The second kappa shape index (κ2) is 7.82. The van der Waals surface area contributed by atoms with Gasteiger partial charge >= 0.3 is 5.97 Å². The van der Waals surface area contributed by atoms with Crippen LogP contribution in [0.15, 0.2) is 11.8 Å². The molecule has 1 aliphatic carbocycles. The first kappa shape index (κ1) is 20.2. The summed E-state index contributed by atoms with van der Waals surface area (Å²) in [5.41, 5.74) is 0.230. The van der Waals surface area contributed by atoms with Gasteiger partial charge in [0.2, 0.25) is 6.29 Å². The molecule has 1 saturated carbocycles. The molecule has 0 bridgehead atoms. The first-order valence-corrected chi connectivity index (χ1v) is 8.72. The zero-order valence-electron chi connectivity index (χ0n) is 14.9. The summed E-state index contributed by atoms with van der Waals surface area (Å²) in [5, 5.41) is 39.1. The molecule has 0 aromatic rings. The Morgan fingerprint density at radius 1 is 1.22 bits per heavy atom. The van der Waals surface area contributed by atoms with Crippen LogP contribution in [0.25, 0.3) is 0 Å². The molecule has 0 unspecified atom stereocenters. The Bertz CT molecular complexity index is 617. The highest BCUT2D eigenvalue weighted by Crippen LogP contribution is 2.45. The molecule has 2 aliphatic heterocycles. The van der Waals surface area contributed by atoms with Crippen molar-refractivity contribution in [1.82, 2.24) is 0 Å². The van der Waals surface area contributed by atoms with Crippen molar-refractivity contribution in [2.24, 2.45) is 17.8 Å². The van der Waals surface area contributed by atoms with Gasteiger partial charge in [-0.2, -0.15) is 0 Å². The zero-order chi connectivity index (χ0) is 19.9. The molecule has 0 spiro atoms. The van der Waals surface area contributed by atoms with Gasteiger partial charge in [-0.15, -0.1) is 0 Å². The van der Waals surface area contributed by atoms with Crippen LogP contribution in [0.3, 0.4) is 0 Å². The maximum atomic E-state index is 12.2. The third kappa shape index (κ3) is 3.48. The predicted molar refractivity (Wildman–Crippen MR) is 85.6 cm³/mol. The van der Waals surface area contributed by atoms with Crippen LogP contribution in [0, 0.1) is 17.8 Å². The maximum Gasteiger partial charge on any atom is 0.337 e.